The maximum atomic E-state index is 2.53. The summed E-state index contributed by atoms with van der Waals surface area (Å²) in [4.78, 5) is 0. The second kappa shape index (κ2) is 3.74. The molecule has 1 aromatic carbocycles. The fourth-order valence-electron chi connectivity index (χ4n) is 3.17. The van der Waals surface area contributed by atoms with Crippen molar-refractivity contribution in [2.45, 2.75) is 45.6 Å². The maximum absolute atomic E-state index is 2.53. The highest BCUT2D eigenvalue weighted by Gasteiger charge is 2.27. The number of allylic oxidation sites excluding steroid dienone is 1. The first-order chi connectivity index (χ1) is 8.50. The summed E-state index contributed by atoms with van der Waals surface area (Å²) >= 11 is 0. The van der Waals surface area contributed by atoms with E-state index in [1.807, 2.05) is 0 Å². The molecule has 1 unspecified atom stereocenters. The van der Waals surface area contributed by atoms with Crippen molar-refractivity contribution in [3.63, 3.8) is 0 Å². The molecule has 0 fully saturated rings. The van der Waals surface area contributed by atoms with Gasteiger partial charge in [-0.3, -0.25) is 0 Å². The minimum atomic E-state index is 0.132. The molecule has 0 saturated heterocycles. The van der Waals surface area contributed by atoms with Crippen molar-refractivity contribution in [1.82, 2.24) is 4.57 Å². The lowest BCUT2D eigenvalue weighted by Gasteiger charge is -2.29. The molecule has 0 saturated carbocycles. The van der Waals surface area contributed by atoms with Gasteiger partial charge in [-0.25, -0.2) is 0 Å². The SMILES string of the molecule is CC1CC=Cc2c1n(C(C)(C)C)c1ccccc21. The monoisotopic (exact) mass is 239 g/mol. The molecule has 0 N–H and O–H groups in total. The summed E-state index contributed by atoms with van der Waals surface area (Å²) in [5.74, 6) is 0.608. The number of hydrogen-bond donors (Lipinski definition) is 0. The third-order valence-electron chi connectivity index (χ3n) is 3.86. The Balaban J connectivity index is 2.47. The average molecular weight is 239 g/mol. The molecule has 0 aliphatic heterocycles. The lowest BCUT2D eigenvalue weighted by atomic mass is 9.92. The van der Waals surface area contributed by atoms with Gasteiger partial charge < -0.3 is 4.57 Å². The van der Waals surface area contributed by atoms with Crippen LogP contribution in [0.5, 0.6) is 0 Å². The van der Waals surface area contributed by atoms with E-state index in [0.29, 0.717) is 5.92 Å². The van der Waals surface area contributed by atoms with Crippen LogP contribution in [0.1, 0.15) is 51.3 Å². The van der Waals surface area contributed by atoms with Gasteiger partial charge in [0.25, 0.3) is 0 Å². The van der Waals surface area contributed by atoms with Crippen LogP contribution in [0, 0.1) is 0 Å². The van der Waals surface area contributed by atoms with E-state index in [-0.39, 0.29) is 5.54 Å². The molecule has 0 amide bonds. The van der Waals surface area contributed by atoms with Crippen molar-refractivity contribution in [2.24, 2.45) is 0 Å². The Labute approximate surface area is 109 Å². The summed E-state index contributed by atoms with van der Waals surface area (Å²) in [5, 5.41) is 1.39. The van der Waals surface area contributed by atoms with E-state index in [1.54, 1.807) is 0 Å². The molecule has 1 heteroatoms. The summed E-state index contributed by atoms with van der Waals surface area (Å²) in [6, 6.07) is 8.78. The molecule has 18 heavy (non-hydrogen) atoms. The molecule has 0 radical (unpaired) electrons. The van der Waals surface area contributed by atoms with Crippen LogP contribution in [0.25, 0.3) is 17.0 Å². The number of benzene rings is 1. The number of fused-ring (bicyclic) bond motifs is 3. The van der Waals surface area contributed by atoms with Gasteiger partial charge in [0, 0.05) is 33.6 Å². The number of para-hydroxylation sites is 1. The summed E-state index contributed by atoms with van der Waals surface area (Å²) in [6.45, 7) is 9.23. The lowest BCUT2D eigenvalue weighted by Crippen LogP contribution is -2.25. The van der Waals surface area contributed by atoms with Crippen molar-refractivity contribution in [3.8, 4) is 0 Å². The van der Waals surface area contributed by atoms with Gasteiger partial charge in [0.05, 0.1) is 0 Å². The standard InChI is InChI=1S/C17H21N/c1-12-8-7-10-14-13-9-5-6-11-15(13)18(16(12)14)17(2,3)4/h5-7,9-12H,8H2,1-4H3. The lowest BCUT2D eigenvalue weighted by molar-refractivity contribution is 0.390. The van der Waals surface area contributed by atoms with E-state index in [9.17, 15) is 0 Å². The van der Waals surface area contributed by atoms with E-state index >= 15 is 0 Å². The second-order valence-electron chi connectivity index (χ2n) is 6.36. The Hall–Kier alpha value is -1.50. The number of hydrogen-bond acceptors (Lipinski definition) is 0. The molecule has 2 aromatic rings. The minimum Gasteiger partial charge on any atom is -0.338 e. The molecular formula is C17H21N. The van der Waals surface area contributed by atoms with E-state index in [0.717, 1.165) is 6.42 Å². The van der Waals surface area contributed by atoms with Gasteiger partial charge in [0.15, 0.2) is 0 Å². The first kappa shape index (κ1) is 11.6. The third-order valence-corrected chi connectivity index (χ3v) is 3.86. The van der Waals surface area contributed by atoms with Crippen LogP contribution in [0.3, 0.4) is 0 Å². The van der Waals surface area contributed by atoms with Gasteiger partial charge in [-0.15, -0.1) is 0 Å². The molecule has 0 spiro atoms. The minimum absolute atomic E-state index is 0.132. The molecule has 1 aliphatic carbocycles. The van der Waals surface area contributed by atoms with E-state index in [1.165, 1.54) is 22.2 Å². The number of aromatic nitrogens is 1. The van der Waals surface area contributed by atoms with Crippen LogP contribution in [-0.2, 0) is 5.54 Å². The second-order valence-corrected chi connectivity index (χ2v) is 6.36. The van der Waals surface area contributed by atoms with Gasteiger partial charge in [-0.2, -0.15) is 0 Å². The highest BCUT2D eigenvalue weighted by Crippen LogP contribution is 2.40. The summed E-state index contributed by atoms with van der Waals surface area (Å²) in [7, 11) is 0. The molecule has 1 nitrogen and oxygen atoms in total. The zero-order valence-electron chi connectivity index (χ0n) is 11.7. The van der Waals surface area contributed by atoms with Crippen LogP contribution in [0.2, 0.25) is 0 Å². The third kappa shape index (κ3) is 1.53. The van der Waals surface area contributed by atoms with Crippen LogP contribution >= 0.6 is 0 Å². The molecule has 0 bridgehead atoms. The quantitative estimate of drug-likeness (QED) is 0.615. The van der Waals surface area contributed by atoms with E-state index in [4.69, 9.17) is 0 Å². The van der Waals surface area contributed by atoms with Crippen molar-refractivity contribution >= 4 is 17.0 Å². The van der Waals surface area contributed by atoms with Crippen LogP contribution in [0.15, 0.2) is 30.3 Å². The predicted octanol–water partition coefficient (Wildman–Crippen LogP) is 4.92. The maximum Gasteiger partial charge on any atom is 0.0493 e. The fraction of sp³-hybridized carbons (Fsp3) is 0.412. The fourth-order valence-corrected chi connectivity index (χ4v) is 3.17. The molecule has 94 valence electrons. The zero-order valence-corrected chi connectivity index (χ0v) is 11.7. The van der Waals surface area contributed by atoms with Gasteiger partial charge >= 0.3 is 0 Å². The smallest absolute Gasteiger partial charge is 0.0493 e. The molecule has 1 atom stereocenters. The Morgan fingerprint density at radius 2 is 1.89 bits per heavy atom. The van der Waals surface area contributed by atoms with Crippen LogP contribution in [-0.4, -0.2) is 4.57 Å². The average Bonchev–Trinajstić information content (AvgIpc) is 2.65. The van der Waals surface area contributed by atoms with Crippen molar-refractivity contribution < 1.29 is 0 Å². The Bertz CT molecular complexity index is 623. The van der Waals surface area contributed by atoms with Gasteiger partial charge in [0.2, 0.25) is 0 Å². The molecule has 3 rings (SSSR count). The number of rotatable bonds is 0. The highest BCUT2D eigenvalue weighted by molar-refractivity contribution is 5.92. The van der Waals surface area contributed by atoms with Crippen LogP contribution in [0.4, 0.5) is 0 Å². The molecule has 1 aromatic heterocycles. The summed E-state index contributed by atoms with van der Waals surface area (Å²) < 4.78 is 2.53. The van der Waals surface area contributed by atoms with Crippen molar-refractivity contribution in [2.75, 3.05) is 0 Å². The van der Waals surface area contributed by atoms with E-state index in [2.05, 4.69) is 68.7 Å². The van der Waals surface area contributed by atoms with Gasteiger partial charge in [-0.1, -0.05) is 37.3 Å². The largest absolute Gasteiger partial charge is 0.338 e. The van der Waals surface area contributed by atoms with E-state index < -0.39 is 0 Å². The summed E-state index contributed by atoms with van der Waals surface area (Å²) in [5.41, 5.74) is 4.44. The highest BCUT2D eigenvalue weighted by atomic mass is 15.1. The van der Waals surface area contributed by atoms with Crippen molar-refractivity contribution in [1.29, 1.82) is 0 Å². The zero-order chi connectivity index (χ0) is 12.9. The van der Waals surface area contributed by atoms with Crippen molar-refractivity contribution in [3.05, 3.63) is 41.6 Å². The molecule has 1 heterocycles. The Morgan fingerprint density at radius 1 is 1.17 bits per heavy atom. The Morgan fingerprint density at radius 3 is 2.61 bits per heavy atom. The van der Waals surface area contributed by atoms with Gasteiger partial charge in [0.1, 0.15) is 0 Å². The van der Waals surface area contributed by atoms with Gasteiger partial charge in [-0.05, 0) is 33.3 Å². The predicted molar refractivity (Wildman–Crippen MR) is 79.0 cm³/mol. The first-order valence-electron chi connectivity index (χ1n) is 6.80. The topological polar surface area (TPSA) is 4.93 Å². The normalized spacial score (nSPS) is 19.2. The Kier molecular flexibility index (Phi) is 2.41. The molecule has 1 aliphatic rings. The number of nitrogens with zero attached hydrogens (tertiary/aromatic N) is 1. The van der Waals surface area contributed by atoms with Crippen LogP contribution < -0.4 is 0 Å². The molecular weight excluding hydrogens is 218 g/mol. The first-order valence-corrected chi connectivity index (χ1v) is 6.80. The summed E-state index contributed by atoms with van der Waals surface area (Å²) in [6.07, 6.45) is 5.77.